The maximum absolute atomic E-state index is 12.9. The Morgan fingerprint density at radius 2 is 1.52 bits per heavy atom. The minimum absolute atomic E-state index is 0.00789. The van der Waals surface area contributed by atoms with Gasteiger partial charge in [-0.15, -0.1) is 0 Å². The lowest BCUT2D eigenvalue weighted by Gasteiger charge is -2.40. The van der Waals surface area contributed by atoms with Crippen LogP contribution in [0.4, 0.5) is 0 Å². The largest absolute Gasteiger partial charge is 0.481 e. The molecule has 0 saturated carbocycles. The number of nitrogens with one attached hydrogen (secondary N) is 2. The molecule has 3 atom stereocenters. The fourth-order valence-corrected chi connectivity index (χ4v) is 8.05. The molecule has 1 amide bonds. The van der Waals surface area contributed by atoms with Crippen molar-refractivity contribution in [1.29, 1.82) is 0 Å². The van der Waals surface area contributed by atoms with Crippen LogP contribution in [0, 0.1) is 0 Å². The van der Waals surface area contributed by atoms with Crippen molar-refractivity contribution in [3.05, 3.63) is 130 Å². The molecule has 0 unspecified atom stereocenters. The SMILES string of the molecule is O=C(O)CCCCCCC(=O)NCc1cccc(-c2cccc([C@@H]3O[C@H](CN4CCC(n5c(=O)[nH]c6ccccc65)CC4)C[C@H](c4ccc(CO)cc4)O3)c2)c1. The average molecular weight is 761 g/mol. The summed E-state index contributed by atoms with van der Waals surface area (Å²) in [4.78, 5) is 41.5. The van der Waals surface area contributed by atoms with Crippen LogP contribution < -0.4 is 11.0 Å². The maximum atomic E-state index is 12.9. The number of aromatic nitrogens is 2. The van der Waals surface area contributed by atoms with Crippen molar-refractivity contribution in [2.24, 2.45) is 0 Å². The van der Waals surface area contributed by atoms with E-state index in [9.17, 15) is 19.5 Å². The topological polar surface area (TPSA) is 146 Å². The molecule has 294 valence electrons. The van der Waals surface area contributed by atoms with Crippen molar-refractivity contribution in [3.63, 3.8) is 0 Å². The van der Waals surface area contributed by atoms with E-state index >= 15 is 0 Å². The number of benzene rings is 4. The fraction of sp³-hybridized carbons (Fsp3) is 0.400. The van der Waals surface area contributed by atoms with Gasteiger partial charge in [0.25, 0.3) is 0 Å². The summed E-state index contributed by atoms with van der Waals surface area (Å²) in [6.07, 6.45) is 5.19. The minimum Gasteiger partial charge on any atom is -0.481 e. The van der Waals surface area contributed by atoms with Gasteiger partial charge in [0.15, 0.2) is 6.29 Å². The third kappa shape index (κ3) is 10.0. The number of aliphatic hydroxyl groups excluding tert-OH is 1. The molecule has 0 spiro atoms. The number of rotatable bonds is 16. The number of hydrogen-bond acceptors (Lipinski definition) is 7. The monoisotopic (exact) mass is 760 g/mol. The Morgan fingerprint density at radius 3 is 2.29 bits per heavy atom. The molecule has 1 aromatic heterocycles. The molecule has 2 saturated heterocycles. The van der Waals surface area contributed by atoms with Gasteiger partial charge in [-0.2, -0.15) is 0 Å². The lowest BCUT2D eigenvalue weighted by Crippen LogP contribution is -2.43. The highest BCUT2D eigenvalue weighted by atomic mass is 16.7. The first-order valence-corrected chi connectivity index (χ1v) is 19.9. The number of unbranched alkanes of at least 4 members (excludes halogenated alkanes) is 3. The highest BCUT2D eigenvalue weighted by Gasteiger charge is 2.34. The van der Waals surface area contributed by atoms with Gasteiger partial charge in [-0.25, -0.2) is 4.79 Å². The molecule has 2 aliphatic rings. The minimum atomic E-state index is -0.779. The van der Waals surface area contributed by atoms with Crippen LogP contribution in [-0.4, -0.2) is 62.3 Å². The van der Waals surface area contributed by atoms with Crippen LogP contribution in [-0.2, 0) is 32.2 Å². The second-order valence-corrected chi connectivity index (χ2v) is 15.1. The number of hydrogen-bond donors (Lipinski definition) is 4. The number of piperidine rings is 1. The first kappa shape index (κ1) is 39.2. The van der Waals surface area contributed by atoms with Crippen molar-refractivity contribution in [2.45, 2.75) is 95.5 Å². The van der Waals surface area contributed by atoms with Crippen molar-refractivity contribution >= 4 is 22.9 Å². The number of aliphatic carboxylic acids is 1. The maximum Gasteiger partial charge on any atom is 0.326 e. The molecule has 2 aliphatic heterocycles. The van der Waals surface area contributed by atoms with Gasteiger partial charge in [-0.3, -0.25) is 14.2 Å². The second kappa shape index (κ2) is 18.7. The number of amides is 1. The zero-order chi connectivity index (χ0) is 38.9. The number of carboxylic acids is 1. The van der Waals surface area contributed by atoms with Gasteiger partial charge in [0.05, 0.1) is 29.8 Å². The van der Waals surface area contributed by atoms with Crippen LogP contribution in [0.15, 0.2) is 102 Å². The highest BCUT2D eigenvalue weighted by Crippen LogP contribution is 2.39. The Labute approximate surface area is 327 Å². The zero-order valence-electron chi connectivity index (χ0n) is 31.8. The molecule has 2 fully saturated rings. The molecule has 3 heterocycles. The van der Waals surface area contributed by atoms with Crippen LogP contribution >= 0.6 is 0 Å². The van der Waals surface area contributed by atoms with Gasteiger partial charge >= 0.3 is 11.7 Å². The van der Waals surface area contributed by atoms with Crippen molar-refractivity contribution in [3.8, 4) is 11.1 Å². The second-order valence-electron chi connectivity index (χ2n) is 15.1. The number of aromatic amines is 1. The van der Waals surface area contributed by atoms with E-state index in [4.69, 9.17) is 14.6 Å². The highest BCUT2D eigenvalue weighted by molar-refractivity contribution is 5.76. The molecular formula is C45H52N4O7. The summed E-state index contributed by atoms with van der Waals surface area (Å²) < 4.78 is 15.4. The number of fused-ring (bicyclic) bond motifs is 1. The van der Waals surface area contributed by atoms with E-state index in [1.807, 2.05) is 77.4 Å². The van der Waals surface area contributed by atoms with Gasteiger partial charge in [0.2, 0.25) is 5.91 Å². The summed E-state index contributed by atoms with van der Waals surface area (Å²) in [5, 5.41) is 21.5. The lowest BCUT2D eigenvalue weighted by molar-refractivity contribution is -0.253. The lowest BCUT2D eigenvalue weighted by atomic mass is 9.97. The third-order valence-corrected chi connectivity index (χ3v) is 11.1. The average Bonchev–Trinajstić information content (AvgIpc) is 3.57. The van der Waals surface area contributed by atoms with Crippen molar-refractivity contribution in [2.75, 3.05) is 19.6 Å². The van der Waals surface area contributed by atoms with Gasteiger partial charge in [0.1, 0.15) is 0 Å². The Hall–Kier alpha value is -5.07. The quantitative estimate of drug-likeness (QED) is 0.0761. The van der Waals surface area contributed by atoms with Crippen molar-refractivity contribution < 1.29 is 29.3 Å². The fourth-order valence-electron chi connectivity index (χ4n) is 8.05. The Morgan fingerprint density at radius 1 is 0.786 bits per heavy atom. The standard InChI is InChI=1S/C45H52N4O7/c50-30-31-17-19-33(20-18-31)41-27-38(29-48-23-21-37(22-24-48)49-40-14-6-5-13-39(40)47-45(49)54)55-44(56-41)36-12-8-11-35(26-36)34-10-7-9-32(25-34)28-46-42(51)15-3-1-2-4-16-43(52)53/h5-14,17-20,25-26,37-38,41,44,50H,1-4,15-16,21-24,27-30H2,(H,46,51)(H,47,54)(H,52,53)/t38-,41+,44+/m0/s1. The Bertz CT molecular complexity index is 2140. The van der Waals surface area contributed by atoms with E-state index in [1.54, 1.807) is 0 Å². The van der Waals surface area contributed by atoms with Gasteiger partial charge < -0.3 is 34.9 Å². The number of carboxylic acid groups (broad SMARTS) is 1. The number of aliphatic hydroxyl groups is 1. The normalized spacial score (nSPS) is 19.3. The number of H-pyrrole nitrogens is 1. The van der Waals surface area contributed by atoms with Crippen LogP contribution in [0.1, 0.15) is 98.5 Å². The van der Waals surface area contributed by atoms with Crippen LogP contribution in [0.3, 0.4) is 0 Å². The van der Waals surface area contributed by atoms with Gasteiger partial charge in [-0.1, -0.05) is 85.6 Å². The number of imidazole rings is 1. The number of para-hydroxylation sites is 2. The first-order valence-electron chi connectivity index (χ1n) is 19.9. The molecule has 56 heavy (non-hydrogen) atoms. The summed E-state index contributed by atoms with van der Waals surface area (Å²) in [5.74, 6) is -0.787. The molecular weight excluding hydrogens is 709 g/mol. The molecule has 5 aromatic rings. The van der Waals surface area contributed by atoms with Crippen molar-refractivity contribution in [1.82, 2.24) is 19.8 Å². The van der Waals surface area contributed by atoms with Crippen LogP contribution in [0.2, 0.25) is 0 Å². The predicted octanol–water partition coefficient (Wildman–Crippen LogP) is 7.41. The smallest absolute Gasteiger partial charge is 0.326 e. The molecule has 0 radical (unpaired) electrons. The summed E-state index contributed by atoms with van der Waals surface area (Å²) >= 11 is 0. The Kier molecular flexibility index (Phi) is 13.1. The van der Waals surface area contributed by atoms with Crippen LogP contribution in [0.5, 0.6) is 0 Å². The summed E-state index contributed by atoms with van der Waals surface area (Å²) in [5.41, 5.74) is 7.63. The molecule has 11 nitrogen and oxygen atoms in total. The molecule has 4 aromatic carbocycles. The van der Waals surface area contributed by atoms with Crippen LogP contribution in [0.25, 0.3) is 22.2 Å². The molecule has 7 rings (SSSR count). The summed E-state index contributed by atoms with van der Waals surface area (Å²) in [6, 6.07) is 32.4. The van der Waals surface area contributed by atoms with Gasteiger partial charge in [0, 0.05) is 57.0 Å². The molecule has 11 heteroatoms. The van der Waals surface area contributed by atoms with E-state index in [1.165, 1.54) is 0 Å². The first-order chi connectivity index (χ1) is 27.3. The molecule has 0 aliphatic carbocycles. The Balaban J connectivity index is 1.00. The zero-order valence-corrected chi connectivity index (χ0v) is 31.8. The van der Waals surface area contributed by atoms with E-state index in [-0.39, 0.29) is 42.9 Å². The van der Waals surface area contributed by atoms with E-state index in [0.29, 0.717) is 25.8 Å². The predicted molar refractivity (Wildman–Crippen MR) is 215 cm³/mol. The third-order valence-electron chi connectivity index (χ3n) is 11.1. The number of nitrogens with zero attached hydrogens (tertiary/aromatic N) is 2. The molecule has 0 bridgehead atoms. The number of ether oxygens (including phenoxy) is 2. The number of carbonyl (C=O) groups excluding carboxylic acids is 1. The van der Waals surface area contributed by atoms with E-state index in [2.05, 4.69) is 39.5 Å². The molecule has 4 N–H and O–H groups in total. The van der Waals surface area contributed by atoms with E-state index < -0.39 is 12.3 Å². The van der Waals surface area contributed by atoms with Gasteiger partial charge in [-0.05, 0) is 77.8 Å². The van der Waals surface area contributed by atoms with E-state index in [0.717, 1.165) is 96.2 Å². The number of carbonyl (C=O) groups is 2. The summed E-state index contributed by atoms with van der Waals surface area (Å²) in [7, 11) is 0. The number of likely N-dealkylation sites (tertiary alicyclic amines) is 1. The summed E-state index contributed by atoms with van der Waals surface area (Å²) in [6.45, 7) is 2.88.